The summed E-state index contributed by atoms with van der Waals surface area (Å²) in [5, 5.41) is 0. The van der Waals surface area contributed by atoms with E-state index in [4.69, 9.17) is 0 Å². The summed E-state index contributed by atoms with van der Waals surface area (Å²) in [5.41, 5.74) is 0.793. The fourth-order valence-electron chi connectivity index (χ4n) is 2.22. The van der Waals surface area contributed by atoms with Crippen LogP contribution in [0.4, 0.5) is 4.39 Å². The van der Waals surface area contributed by atoms with Crippen LogP contribution in [0.15, 0.2) is 24.3 Å². The first-order valence-electron chi connectivity index (χ1n) is 5.25. The van der Waals surface area contributed by atoms with Crippen molar-refractivity contribution in [2.75, 3.05) is 14.1 Å². The van der Waals surface area contributed by atoms with E-state index in [-0.39, 0.29) is 17.3 Å². The lowest BCUT2D eigenvalue weighted by molar-refractivity contribution is 0.150. The zero-order valence-electron chi connectivity index (χ0n) is 10.2. The van der Waals surface area contributed by atoms with Gasteiger partial charge in [-0.15, -0.1) is 0 Å². The first kappa shape index (κ1) is 12.2. The molecule has 0 aromatic heterocycles. The van der Waals surface area contributed by atoms with E-state index < -0.39 is 0 Å². The van der Waals surface area contributed by atoms with Gasteiger partial charge >= 0.3 is 0 Å². The van der Waals surface area contributed by atoms with Gasteiger partial charge in [0.05, 0.1) is 0 Å². The minimum atomic E-state index is -0.119. The van der Waals surface area contributed by atoms with E-state index in [2.05, 4.69) is 25.7 Å². The highest BCUT2D eigenvalue weighted by molar-refractivity contribution is 5.22. The molecule has 84 valence electrons. The van der Waals surface area contributed by atoms with Crippen LogP contribution in [0.1, 0.15) is 32.4 Å². The van der Waals surface area contributed by atoms with Crippen molar-refractivity contribution in [3.8, 4) is 0 Å². The molecule has 0 spiro atoms. The van der Waals surface area contributed by atoms with Gasteiger partial charge in [0.1, 0.15) is 5.82 Å². The second kappa shape index (κ2) is 4.31. The Balaban J connectivity index is 3.17. The topological polar surface area (TPSA) is 3.24 Å². The lowest BCUT2D eigenvalue weighted by atomic mass is 9.81. The summed E-state index contributed by atoms with van der Waals surface area (Å²) in [4.78, 5) is 2.07. The van der Waals surface area contributed by atoms with E-state index in [9.17, 15) is 4.39 Å². The third kappa shape index (κ3) is 2.78. The zero-order valence-corrected chi connectivity index (χ0v) is 10.2. The van der Waals surface area contributed by atoms with Crippen LogP contribution in [0.25, 0.3) is 0 Å². The highest BCUT2D eigenvalue weighted by Crippen LogP contribution is 2.37. The lowest BCUT2D eigenvalue weighted by Gasteiger charge is -2.36. The Kier molecular flexibility index (Phi) is 3.50. The Morgan fingerprint density at radius 1 is 1.13 bits per heavy atom. The Bertz CT molecular complexity index is 326. The van der Waals surface area contributed by atoms with Crippen molar-refractivity contribution in [1.29, 1.82) is 0 Å². The van der Waals surface area contributed by atoms with Crippen molar-refractivity contribution in [2.45, 2.75) is 26.8 Å². The molecule has 0 heterocycles. The number of halogens is 1. The molecule has 0 aliphatic carbocycles. The number of nitrogens with zero attached hydrogens (tertiary/aromatic N) is 1. The minimum Gasteiger partial charge on any atom is -0.302 e. The molecule has 0 amide bonds. The standard InChI is InChI=1S/C13H20FN/c1-13(2,3)12(15(4)5)10-8-6-7-9-11(10)14/h6-9,12H,1-5H3. The molecule has 1 nitrogen and oxygen atoms in total. The maximum atomic E-state index is 13.7. The Morgan fingerprint density at radius 3 is 2.07 bits per heavy atom. The summed E-state index contributed by atoms with van der Waals surface area (Å²) in [6.45, 7) is 6.39. The quantitative estimate of drug-likeness (QED) is 0.721. The van der Waals surface area contributed by atoms with Crippen molar-refractivity contribution in [3.05, 3.63) is 35.6 Å². The smallest absolute Gasteiger partial charge is 0.128 e. The molecular weight excluding hydrogens is 189 g/mol. The summed E-state index contributed by atoms with van der Waals surface area (Å²) in [6.07, 6.45) is 0. The summed E-state index contributed by atoms with van der Waals surface area (Å²) in [7, 11) is 3.98. The van der Waals surface area contributed by atoms with Gasteiger partial charge in [-0.1, -0.05) is 39.0 Å². The van der Waals surface area contributed by atoms with Crippen molar-refractivity contribution < 1.29 is 4.39 Å². The van der Waals surface area contributed by atoms with E-state index in [1.807, 2.05) is 26.2 Å². The van der Waals surface area contributed by atoms with Crippen LogP contribution in [0.5, 0.6) is 0 Å². The van der Waals surface area contributed by atoms with E-state index in [0.29, 0.717) is 0 Å². The average Bonchev–Trinajstić information content (AvgIpc) is 2.05. The van der Waals surface area contributed by atoms with E-state index in [1.54, 1.807) is 6.07 Å². The molecular formula is C13H20FN. The van der Waals surface area contributed by atoms with Crippen molar-refractivity contribution in [2.24, 2.45) is 5.41 Å². The van der Waals surface area contributed by atoms with Gasteiger partial charge in [-0.05, 0) is 25.6 Å². The van der Waals surface area contributed by atoms with Crippen LogP contribution in [0, 0.1) is 11.2 Å². The van der Waals surface area contributed by atoms with Crippen LogP contribution in [-0.4, -0.2) is 19.0 Å². The second-order valence-electron chi connectivity index (χ2n) is 5.25. The van der Waals surface area contributed by atoms with Gasteiger partial charge in [-0.25, -0.2) is 4.39 Å². The molecule has 0 aliphatic rings. The third-order valence-corrected chi connectivity index (χ3v) is 2.54. The Labute approximate surface area is 91.9 Å². The summed E-state index contributed by atoms with van der Waals surface area (Å²) >= 11 is 0. The summed E-state index contributed by atoms with van der Waals surface area (Å²) in [5.74, 6) is -0.119. The molecule has 15 heavy (non-hydrogen) atoms. The summed E-state index contributed by atoms with van der Waals surface area (Å²) < 4.78 is 13.7. The molecule has 1 unspecified atom stereocenters. The maximum absolute atomic E-state index is 13.7. The number of hydrogen-bond donors (Lipinski definition) is 0. The molecule has 2 heteroatoms. The van der Waals surface area contributed by atoms with Crippen LogP contribution < -0.4 is 0 Å². The van der Waals surface area contributed by atoms with E-state index in [1.165, 1.54) is 6.07 Å². The zero-order chi connectivity index (χ0) is 11.6. The van der Waals surface area contributed by atoms with Gasteiger partial charge in [0.2, 0.25) is 0 Å². The number of hydrogen-bond acceptors (Lipinski definition) is 1. The van der Waals surface area contributed by atoms with Crippen LogP contribution in [0.3, 0.4) is 0 Å². The van der Waals surface area contributed by atoms with Gasteiger partial charge in [0, 0.05) is 11.6 Å². The molecule has 0 aliphatic heterocycles. The van der Waals surface area contributed by atoms with Gasteiger partial charge in [0.25, 0.3) is 0 Å². The monoisotopic (exact) mass is 209 g/mol. The first-order valence-corrected chi connectivity index (χ1v) is 5.25. The molecule has 1 aromatic carbocycles. The van der Waals surface area contributed by atoms with Gasteiger partial charge < -0.3 is 4.90 Å². The predicted molar refractivity (Wildman–Crippen MR) is 62.3 cm³/mol. The number of rotatable bonds is 2. The van der Waals surface area contributed by atoms with Crippen LogP contribution in [0.2, 0.25) is 0 Å². The SMILES string of the molecule is CN(C)C(c1ccccc1F)C(C)(C)C. The Hall–Kier alpha value is -0.890. The van der Waals surface area contributed by atoms with E-state index >= 15 is 0 Å². The predicted octanol–water partition coefficient (Wildman–Crippen LogP) is 3.47. The highest BCUT2D eigenvalue weighted by atomic mass is 19.1. The molecule has 0 saturated heterocycles. The maximum Gasteiger partial charge on any atom is 0.128 e. The van der Waals surface area contributed by atoms with Crippen LogP contribution >= 0.6 is 0 Å². The normalized spacial score (nSPS) is 14.3. The minimum absolute atomic E-state index is 0.0195. The molecule has 0 fully saturated rings. The van der Waals surface area contributed by atoms with Gasteiger partial charge in [-0.2, -0.15) is 0 Å². The van der Waals surface area contributed by atoms with Crippen molar-refractivity contribution in [1.82, 2.24) is 4.90 Å². The van der Waals surface area contributed by atoms with Crippen LogP contribution in [-0.2, 0) is 0 Å². The van der Waals surface area contributed by atoms with Crippen molar-refractivity contribution in [3.63, 3.8) is 0 Å². The summed E-state index contributed by atoms with van der Waals surface area (Å²) in [6, 6.07) is 7.11. The van der Waals surface area contributed by atoms with Crippen molar-refractivity contribution >= 4 is 0 Å². The lowest BCUT2D eigenvalue weighted by Crippen LogP contribution is -2.32. The largest absolute Gasteiger partial charge is 0.302 e. The fourth-order valence-corrected chi connectivity index (χ4v) is 2.22. The fraction of sp³-hybridized carbons (Fsp3) is 0.538. The van der Waals surface area contributed by atoms with Gasteiger partial charge in [0.15, 0.2) is 0 Å². The molecule has 1 atom stereocenters. The van der Waals surface area contributed by atoms with E-state index in [0.717, 1.165) is 5.56 Å². The highest BCUT2D eigenvalue weighted by Gasteiger charge is 2.29. The molecule has 1 aromatic rings. The van der Waals surface area contributed by atoms with Gasteiger partial charge in [-0.3, -0.25) is 0 Å². The third-order valence-electron chi connectivity index (χ3n) is 2.54. The molecule has 0 bridgehead atoms. The first-order chi connectivity index (χ1) is 6.84. The Morgan fingerprint density at radius 2 is 1.67 bits per heavy atom. The number of benzene rings is 1. The molecule has 1 rings (SSSR count). The molecule has 0 saturated carbocycles. The average molecular weight is 209 g/mol. The molecule has 0 radical (unpaired) electrons. The molecule has 0 N–H and O–H groups in total. The second-order valence-corrected chi connectivity index (χ2v) is 5.25.